The predicted molar refractivity (Wildman–Crippen MR) is 108 cm³/mol. The summed E-state index contributed by atoms with van der Waals surface area (Å²) in [5, 5.41) is 6.45. The molecule has 1 saturated heterocycles. The summed E-state index contributed by atoms with van der Waals surface area (Å²) in [4.78, 5) is 26.0. The number of likely N-dealkylation sites (tertiary alicyclic amines) is 1. The van der Waals surface area contributed by atoms with Crippen molar-refractivity contribution in [2.75, 3.05) is 25.0 Å². The third-order valence-corrected chi connectivity index (χ3v) is 5.11. The van der Waals surface area contributed by atoms with Gasteiger partial charge in [0.05, 0.1) is 6.04 Å². The molecule has 6 heteroatoms. The minimum absolute atomic E-state index is 0.0591. The number of halogens is 1. The lowest BCUT2D eigenvalue weighted by Crippen LogP contribution is -2.37. The van der Waals surface area contributed by atoms with Crippen LogP contribution < -0.4 is 10.6 Å². The molecule has 0 aromatic heterocycles. The number of carbonyl (C=O) groups excluding carboxylic acids is 2. The van der Waals surface area contributed by atoms with Crippen LogP contribution in [0.4, 0.5) is 5.69 Å². The third kappa shape index (κ3) is 5.08. The molecule has 1 heterocycles. The average Bonchev–Trinajstić information content (AvgIpc) is 3.18. The summed E-state index contributed by atoms with van der Waals surface area (Å²) in [6, 6.07) is 14.7. The normalized spacial score (nSPS) is 15.3. The van der Waals surface area contributed by atoms with Gasteiger partial charge in [-0.1, -0.05) is 29.8 Å². The highest BCUT2D eigenvalue weighted by Gasteiger charge is 2.25. The maximum Gasteiger partial charge on any atom is 0.251 e. The highest BCUT2D eigenvalue weighted by Crippen LogP contribution is 2.29. The summed E-state index contributed by atoms with van der Waals surface area (Å²) in [5.74, 6) is -0.277. The van der Waals surface area contributed by atoms with Crippen molar-refractivity contribution in [3.63, 3.8) is 0 Å². The van der Waals surface area contributed by atoms with Gasteiger partial charge >= 0.3 is 0 Å². The minimum Gasteiger partial charge on any atom is -0.350 e. The molecule has 1 aliphatic heterocycles. The van der Waals surface area contributed by atoms with Gasteiger partial charge in [-0.15, -0.1) is 0 Å². The Hall–Kier alpha value is -2.37. The molecule has 1 fully saturated rings. The van der Waals surface area contributed by atoms with Crippen LogP contribution >= 0.6 is 11.6 Å². The van der Waals surface area contributed by atoms with Gasteiger partial charge in [-0.05, 0) is 61.8 Å². The Balaban J connectivity index is 1.68. The van der Waals surface area contributed by atoms with E-state index in [1.165, 1.54) is 19.8 Å². The van der Waals surface area contributed by atoms with Crippen molar-refractivity contribution in [3.05, 3.63) is 64.7 Å². The van der Waals surface area contributed by atoms with Gasteiger partial charge in [-0.3, -0.25) is 14.5 Å². The number of hydrogen-bond acceptors (Lipinski definition) is 3. The van der Waals surface area contributed by atoms with E-state index < -0.39 is 0 Å². The van der Waals surface area contributed by atoms with Crippen LogP contribution in [-0.4, -0.2) is 36.3 Å². The van der Waals surface area contributed by atoms with Crippen LogP contribution in [0.3, 0.4) is 0 Å². The van der Waals surface area contributed by atoms with Crippen molar-refractivity contribution in [2.24, 2.45) is 0 Å². The van der Waals surface area contributed by atoms with Crippen molar-refractivity contribution in [3.8, 4) is 0 Å². The van der Waals surface area contributed by atoms with Crippen molar-refractivity contribution in [1.29, 1.82) is 0 Å². The Morgan fingerprint density at radius 1 is 1.07 bits per heavy atom. The van der Waals surface area contributed by atoms with Crippen molar-refractivity contribution in [2.45, 2.75) is 25.8 Å². The van der Waals surface area contributed by atoms with Crippen LogP contribution in [0.15, 0.2) is 48.5 Å². The Kier molecular flexibility index (Phi) is 6.48. The molecule has 142 valence electrons. The third-order valence-electron chi connectivity index (χ3n) is 4.77. The van der Waals surface area contributed by atoms with Gasteiger partial charge in [0.15, 0.2) is 0 Å². The summed E-state index contributed by atoms with van der Waals surface area (Å²) in [5.41, 5.74) is 2.27. The SMILES string of the molecule is CC(=O)Nc1ccc(C(=O)NCC(c2ccccc2Cl)N2CCCC2)cc1. The molecule has 0 spiro atoms. The van der Waals surface area contributed by atoms with Crippen LogP contribution in [0.5, 0.6) is 0 Å². The van der Waals surface area contributed by atoms with E-state index >= 15 is 0 Å². The summed E-state index contributed by atoms with van der Waals surface area (Å²) >= 11 is 6.41. The smallest absolute Gasteiger partial charge is 0.251 e. The molecule has 27 heavy (non-hydrogen) atoms. The van der Waals surface area contributed by atoms with Gasteiger partial charge < -0.3 is 10.6 Å². The molecule has 2 amide bonds. The molecule has 2 aromatic rings. The van der Waals surface area contributed by atoms with E-state index in [4.69, 9.17) is 11.6 Å². The van der Waals surface area contributed by atoms with Crippen molar-refractivity contribution in [1.82, 2.24) is 10.2 Å². The molecule has 2 N–H and O–H groups in total. The van der Waals surface area contributed by atoms with Crippen LogP contribution in [0.1, 0.15) is 41.7 Å². The second-order valence-corrected chi connectivity index (χ2v) is 7.16. The van der Waals surface area contributed by atoms with E-state index in [2.05, 4.69) is 15.5 Å². The lowest BCUT2D eigenvalue weighted by molar-refractivity contribution is -0.114. The number of nitrogens with one attached hydrogen (secondary N) is 2. The summed E-state index contributed by atoms with van der Waals surface area (Å²) in [7, 11) is 0. The summed E-state index contributed by atoms with van der Waals surface area (Å²) in [6.07, 6.45) is 2.33. The van der Waals surface area contributed by atoms with Crippen LogP contribution in [0, 0.1) is 0 Å². The molecule has 3 rings (SSSR count). The van der Waals surface area contributed by atoms with Crippen molar-refractivity contribution < 1.29 is 9.59 Å². The Labute approximate surface area is 164 Å². The van der Waals surface area contributed by atoms with Crippen LogP contribution in [-0.2, 0) is 4.79 Å². The fourth-order valence-corrected chi connectivity index (χ4v) is 3.70. The molecule has 0 bridgehead atoms. The minimum atomic E-state index is -0.139. The number of benzene rings is 2. The second kappa shape index (κ2) is 9.02. The van der Waals surface area contributed by atoms with Gasteiger partial charge in [-0.25, -0.2) is 0 Å². The first-order valence-corrected chi connectivity index (χ1v) is 9.57. The molecule has 0 aliphatic carbocycles. The van der Waals surface area contributed by atoms with Crippen molar-refractivity contribution >= 4 is 29.1 Å². The highest BCUT2D eigenvalue weighted by molar-refractivity contribution is 6.31. The van der Waals surface area contributed by atoms with E-state index in [1.807, 2.05) is 24.3 Å². The van der Waals surface area contributed by atoms with E-state index in [0.29, 0.717) is 17.8 Å². The first-order chi connectivity index (χ1) is 13.0. The van der Waals surface area contributed by atoms with Crippen LogP contribution in [0.2, 0.25) is 5.02 Å². The monoisotopic (exact) mass is 385 g/mol. The molecule has 1 unspecified atom stereocenters. The zero-order chi connectivity index (χ0) is 19.2. The van der Waals surface area contributed by atoms with Crippen LogP contribution in [0.25, 0.3) is 0 Å². The number of anilines is 1. The van der Waals surface area contributed by atoms with E-state index in [0.717, 1.165) is 23.7 Å². The quantitative estimate of drug-likeness (QED) is 0.793. The lowest BCUT2D eigenvalue weighted by atomic mass is 10.0. The topological polar surface area (TPSA) is 61.4 Å². The molecular weight excluding hydrogens is 362 g/mol. The van der Waals surface area contributed by atoms with Gasteiger partial charge in [0.1, 0.15) is 0 Å². The highest BCUT2D eigenvalue weighted by atomic mass is 35.5. The second-order valence-electron chi connectivity index (χ2n) is 6.75. The average molecular weight is 386 g/mol. The maximum atomic E-state index is 12.6. The first-order valence-electron chi connectivity index (χ1n) is 9.19. The molecular formula is C21H24ClN3O2. The molecule has 0 saturated carbocycles. The van der Waals surface area contributed by atoms with E-state index in [-0.39, 0.29) is 17.9 Å². The zero-order valence-corrected chi connectivity index (χ0v) is 16.1. The molecule has 5 nitrogen and oxygen atoms in total. The predicted octanol–water partition coefficient (Wildman–Crippen LogP) is 3.87. The number of nitrogens with zero attached hydrogens (tertiary/aromatic N) is 1. The fourth-order valence-electron chi connectivity index (χ4n) is 3.43. The molecule has 0 radical (unpaired) electrons. The van der Waals surface area contributed by atoms with Gasteiger partial charge in [0, 0.05) is 29.7 Å². The fraction of sp³-hybridized carbons (Fsp3) is 0.333. The summed E-state index contributed by atoms with van der Waals surface area (Å²) in [6.45, 7) is 3.97. The van der Waals surface area contributed by atoms with E-state index in [9.17, 15) is 9.59 Å². The molecule has 2 aromatic carbocycles. The number of carbonyl (C=O) groups is 2. The van der Waals surface area contributed by atoms with Gasteiger partial charge in [-0.2, -0.15) is 0 Å². The summed E-state index contributed by atoms with van der Waals surface area (Å²) < 4.78 is 0. The van der Waals surface area contributed by atoms with E-state index in [1.54, 1.807) is 24.3 Å². The molecule has 1 aliphatic rings. The number of rotatable bonds is 6. The molecule has 1 atom stereocenters. The lowest BCUT2D eigenvalue weighted by Gasteiger charge is -2.29. The van der Waals surface area contributed by atoms with Gasteiger partial charge in [0.25, 0.3) is 5.91 Å². The maximum absolute atomic E-state index is 12.6. The Morgan fingerprint density at radius 3 is 2.37 bits per heavy atom. The van der Waals surface area contributed by atoms with Gasteiger partial charge in [0.2, 0.25) is 5.91 Å². The zero-order valence-electron chi connectivity index (χ0n) is 15.4. The first kappa shape index (κ1) is 19.4. The Bertz CT molecular complexity index is 801. The largest absolute Gasteiger partial charge is 0.350 e. The Morgan fingerprint density at radius 2 is 1.74 bits per heavy atom. The number of hydrogen-bond donors (Lipinski definition) is 2. The number of amides is 2. The standard InChI is InChI=1S/C21H24ClN3O2/c1-15(26)24-17-10-8-16(9-11-17)21(27)23-14-20(25-12-4-5-13-25)18-6-2-3-7-19(18)22/h2-3,6-11,20H,4-5,12-14H2,1H3,(H,23,27)(H,24,26).